The monoisotopic (exact) mass is 192 g/mol. The molecule has 0 rings (SSSR count). The van der Waals surface area contributed by atoms with Crippen molar-refractivity contribution in [2.75, 3.05) is 0 Å². The molecule has 0 saturated carbocycles. The molecule has 0 N–H and O–H groups in total. The Morgan fingerprint density at radius 3 is 2.00 bits per heavy atom. The zero-order chi connectivity index (χ0) is 11.4. The highest BCUT2D eigenvalue weighted by Gasteiger charge is 2.13. The van der Waals surface area contributed by atoms with Gasteiger partial charge in [-0.3, -0.25) is 4.79 Å². The van der Waals surface area contributed by atoms with E-state index in [9.17, 15) is 4.79 Å². The van der Waals surface area contributed by atoms with Gasteiger partial charge in [-0.05, 0) is 24.8 Å². The summed E-state index contributed by atoms with van der Waals surface area (Å²) in [5.74, 6) is 0.0191. The summed E-state index contributed by atoms with van der Waals surface area (Å²) in [6, 6.07) is 0. The quantitative estimate of drug-likeness (QED) is 0.492. The van der Waals surface area contributed by atoms with Gasteiger partial charge in [-0.1, -0.05) is 45.6 Å². The molecule has 0 radical (unpaired) electrons. The van der Waals surface area contributed by atoms with Gasteiger partial charge in [-0.25, -0.2) is 0 Å². The zero-order valence-corrected chi connectivity index (χ0v) is 9.85. The van der Waals surface area contributed by atoms with Gasteiger partial charge in [-0.15, -0.1) is 0 Å². The van der Waals surface area contributed by atoms with Crippen LogP contribution in [-0.4, -0.2) is 5.78 Å². The van der Waals surface area contributed by atoms with E-state index in [1.54, 1.807) is 6.08 Å². The topological polar surface area (TPSA) is 17.1 Å². The first-order valence-electron chi connectivity index (χ1n) is 4.83. The minimum Gasteiger partial charge on any atom is -0.295 e. The Bertz CT molecular complexity index is 285. The minimum atomic E-state index is 0.0191. The third-order valence-electron chi connectivity index (χ3n) is 2.09. The number of Topliss-reactive ketones (excluding diaryl/α,β-unsaturated/α-hetero) is 1. The number of ketones is 1. The Hall–Kier alpha value is -1.11. The minimum absolute atomic E-state index is 0.0191. The van der Waals surface area contributed by atoms with Gasteiger partial charge >= 0.3 is 0 Å². The van der Waals surface area contributed by atoms with E-state index in [0.29, 0.717) is 5.57 Å². The summed E-state index contributed by atoms with van der Waals surface area (Å²) in [6.45, 7) is 13.6. The first-order valence-corrected chi connectivity index (χ1v) is 4.83. The Kier molecular flexibility index (Phi) is 4.55. The third kappa shape index (κ3) is 4.22. The van der Waals surface area contributed by atoms with Gasteiger partial charge in [0, 0.05) is 5.57 Å². The maximum absolute atomic E-state index is 10.9. The Morgan fingerprint density at radius 2 is 1.71 bits per heavy atom. The van der Waals surface area contributed by atoms with Gasteiger partial charge in [0.25, 0.3) is 0 Å². The molecule has 0 aromatic rings. The van der Waals surface area contributed by atoms with Crippen molar-refractivity contribution in [2.45, 2.75) is 34.6 Å². The van der Waals surface area contributed by atoms with Crippen LogP contribution in [0.15, 0.2) is 36.0 Å². The van der Waals surface area contributed by atoms with Crippen molar-refractivity contribution in [3.63, 3.8) is 0 Å². The SMILES string of the molecule is C=C(/C=C\C(=C/C)C(C)(C)C)C(C)=O. The first-order chi connectivity index (χ1) is 6.29. The van der Waals surface area contributed by atoms with Crippen LogP contribution in [-0.2, 0) is 4.79 Å². The van der Waals surface area contributed by atoms with E-state index in [-0.39, 0.29) is 11.2 Å². The van der Waals surface area contributed by atoms with Crippen LogP contribution >= 0.6 is 0 Å². The van der Waals surface area contributed by atoms with Crippen LogP contribution in [0.1, 0.15) is 34.6 Å². The molecule has 0 aliphatic heterocycles. The van der Waals surface area contributed by atoms with Gasteiger partial charge in [0.1, 0.15) is 0 Å². The van der Waals surface area contributed by atoms with E-state index < -0.39 is 0 Å². The number of hydrogen-bond acceptors (Lipinski definition) is 1. The first kappa shape index (κ1) is 12.9. The van der Waals surface area contributed by atoms with Crippen LogP contribution in [0, 0.1) is 5.41 Å². The molecule has 1 nitrogen and oxygen atoms in total. The molecule has 78 valence electrons. The van der Waals surface area contributed by atoms with Gasteiger partial charge in [0.2, 0.25) is 0 Å². The van der Waals surface area contributed by atoms with Crippen LogP contribution in [0.4, 0.5) is 0 Å². The summed E-state index contributed by atoms with van der Waals surface area (Å²) >= 11 is 0. The number of carbonyl (C=O) groups is 1. The summed E-state index contributed by atoms with van der Waals surface area (Å²) in [6.07, 6.45) is 5.80. The largest absolute Gasteiger partial charge is 0.295 e. The lowest BCUT2D eigenvalue weighted by Crippen LogP contribution is -2.07. The van der Waals surface area contributed by atoms with Crippen molar-refractivity contribution >= 4 is 5.78 Å². The van der Waals surface area contributed by atoms with E-state index in [2.05, 4.69) is 33.4 Å². The van der Waals surface area contributed by atoms with Crippen LogP contribution < -0.4 is 0 Å². The predicted octanol–water partition coefficient (Wildman–Crippen LogP) is 3.68. The van der Waals surface area contributed by atoms with E-state index in [1.807, 2.05) is 13.0 Å². The van der Waals surface area contributed by atoms with Crippen molar-refractivity contribution in [1.29, 1.82) is 0 Å². The lowest BCUT2D eigenvalue weighted by atomic mass is 9.86. The molecule has 1 heteroatoms. The highest BCUT2D eigenvalue weighted by molar-refractivity contribution is 5.95. The molecule has 0 unspecified atom stereocenters. The van der Waals surface area contributed by atoms with Crippen molar-refractivity contribution in [1.82, 2.24) is 0 Å². The van der Waals surface area contributed by atoms with Crippen molar-refractivity contribution in [2.24, 2.45) is 5.41 Å². The zero-order valence-electron chi connectivity index (χ0n) is 9.85. The fourth-order valence-electron chi connectivity index (χ4n) is 1.09. The second-order valence-electron chi connectivity index (χ2n) is 4.41. The second-order valence-corrected chi connectivity index (χ2v) is 4.41. The van der Waals surface area contributed by atoms with Crippen molar-refractivity contribution in [3.05, 3.63) is 36.0 Å². The standard InChI is InChI=1S/C13H20O/c1-7-12(13(4,5)6)9-8-10(2)11(3)14/h7-9H,2H2,1,3-6H3/b9-8-,12-7+. The fraction of sp³-hybridized carbons (Fsp3) is 0.462. The van der Waals surface area contributed by atoms with E-state index in [1.165, 1.54) is 12.5 Å². The maximum Gasteiger partial charge on any atom is 0.159 e. The van der Waals surface area contributed by atoms with Crippen LogP contribution in [0.3, 0.4) is 0 Å². The molecular formula is C13H20O. The molecule has 0 aliphatic carbocycles. The molecule has 0 amide bonds. The average molecular weight is 192 g/mol. The maximum atomic E-state index is 10.9. The molecule has 0 spiro atoms. The molecule has 14 heavy (non-hydrogen) atoms. The Balaban J connectivity index is 4.67. The summed E-state index contributed by atoms with van der Waals surface area (Å²) in [5, 5.41) is 0. The number of hydrogen-bond donors (Lipinski definition) is 0. The van der Waals surface area contributed by atoms with Crippen LogP contribution in [0.25, 0.3) is 0 Å². The van der Waals surface area contributed by atoms with Crippen LogP contribution in [0.5, 0.6) is 0 Å². The van der Waals surface area contributed by atoms with E-state index in [0.717, 1.165) is 0 Å². The molecule has 0 atom stereocenters. The molecule has 0 heterocycles. The number of rotatable bonds is 3. The molecule has 0 fully saturated rings. The molecular weight excluding hydrogens is 172 g/mol. The third-order valence-corrected chi connectivity index (χ3v) is 2.09. The Morgan fingerprint density at radius 1 is 1.21 bits per heavy atom. The lowest BCUT2D eigenvalue weighted by molar-refractivity contribution is -0.113. The normalized spacial score (nSPS) is 13.4. The van der Waals surface area contributed by atoms with E-state index >= 15 is 0 Å². The van der Waals surface area contributed by atoms with Gasteiger partial charge in [-0.2, -0.15) is 0 Å². The summed E-state index contributed by atoms with van der Waals surface area (Å²) in [7, 11) is 0. The highest BCUT2D eigenvalue weighted by Crippen LogP contribution is 2.26. The average Bonchev–Trinajstić information content (AvgIpc) is 2.02. The summed E-state index contributed by atoms with van der Waals surface area (Å²) < 4.78 is 0. The van der Waals surface area contributed by atoms with Gasteiger partial charge in [0.05, 0.1) is 0 Å². The summed E-state index contributed by atoms with van der Waals surface area (Å²) in [5.41, 5.74) is 1.87. The highest BCUT2D eigenvalue weighted by atomic mass is 16.1. The molecule has 0 bridgehead atoms. The van der Waals surface area contributed by atoms with Crippen molar-refractivity contribution in [3.8, 4) is 0 Å². The van der Waals surface area contributed by atoms with Crippen LogP contribution in [0.2, 0.25) is 0 Å². The fourth-order valence-corrected chi connectivity index (χ4v) is 1.09. The van der Waals surface area contributed by atoms with Gasteiger partial charge < -0.3 is 0 Å². The number of carbonyl (C=O) groups excluding carboxylic acids is 1. The predicted molar refractivity (Wildman–Crippen MR) is 62.2 cm³/mol. The Labute approximate surface area is 87.2 Å². The molecule has 0 aromatic heterocycles. The lowest BCUT2D eigenvalue weighted by Gasteiger charge is -2.19. The molecule has 0 saturated heterocycles. The molecule has 0 aromatic carbocycles. The van der Waals surface area contributed by atoms with Gasteiger partial charge in [0.15, 0.2) is 5.78 Å². The summed E-state index contributed by atoms with van der Waals surface area (Å²) in [4.78, 5) is 10.9. The number of allylic oxidation sites excluding steroid dienone is 5. The van der Waals surface area contributed by atoms with E-state index in [4.69, 9.17) is 0 Å². The van der Waals surface area contributed by atoms with Crippen molar-refractivity contribution < 1.29 is 4.79 Å². The smallest absolute Gasteiger partial charge is 0.159 e. The second kappa shape index (κ2) is 4.94. The molecule has 0 aliphatic rings.